The highest BCUT2D eigenvalue weighted by Gasteiger charge is 2.20. The van der Waals surface area contributed by atoms with Gasteiger partial charge in [0.1, 0.15) is 16.2 Å². The molecule has 2 rings (SSSR count). The zero-order chi connectivity index (χ0) is 11.9. The molecule has 1 heterocycles. The first-order valence-corrected chi connectivity index (χ1v) is 5.57. The summed E-state index contributed by atoms with van der Waals surface area (Å²) < 4.78 is 35.7. The maximum Gasteiger partial charge on any atom is 0.336 e. The second-order valence-corrected chi connectivity index (χ2v) is 4.41. The van der Waals surface area contributed by atoms with Crippen LogP contribution < -0.4 is 5.63 Å². The second-order valence-electron chi connectivity index (χ2n) is 3.06. The molecular formula is C9H6O6S. The van der Waals surface area contributed by atoms with Crippen molar-refractivity contribution in [3.8, 4) is 5.75 Å². The lowest BCUT2D eigenvalue weighted by Gasteiger charge is -2.04. The molecule has 6 nitrogen and oxygen atoms in total. The zero-order valence-electron chi connectivity index (χ0n) is 7.75. The minimum absolute atomic E-state index is 0.0297. The standard InChI is InChI=1S/C9H6O6S/c10-6-2-3-7-5(1-4-8(11)15-7)9(6)16(12,13)14/h1-4,10H,(H,12,13,14). The summed E-state index contributed by atoms with van der Waals surface area (Å²) >= 11 is 0. The number of benzene rings is 1. The first-order chi connectivity index (χ1) is 7.39. The first-order valence-electron chi connectivity index (χ1n) is 4.13. The third kappa shape index (κ3) is 1.66. The van der Waals surface area contributed by atoms with Crippen molar-refractivity contribution in [1.29, 1.82) is 0 Å². The van der Waals surface area contributed by atoms with Crippen molar-refractivity contribution in [1.82, 2.24) is 0 Å². The Labute approximate surface area is 89.5 Å². The van der Waals surface area contributed by atoms with Crippen LogP contribution in [-0.2, 0) is 10.1 Å². The van der Waals surface area contributed by atoms with Gasteiger partial charge in [-0.3, -0.25) is 4.55 Å². The van der Waals surface area contributed by atoms with Crippen LogP contribution in [0.4, 0.5) is 0 Å². The highest BCUT2D eigenvalue weighted by atomic mass is 32.2. The predicted molar refractivity (Wildman–Crippen MR) is 54.0 cm³/mol. The van der Waals surface area contributed by atoms with Crippen molar-refractivity contribution < 1.29 is 22.5 Å². The van der Waals surface area contributed by atoms with Crippen LogP contribution in [0, 0.1) is 0 Å². The number of hydrogen-bond acceptors (Lipinski definition) is 5. The van der Waals surface area contributed by atoms with Crippen molar-refractivity contribution >= 4 is 21.1 Å². The van der Waals surface area contributed by atoms with Crippen LogP contribution in [0.2, 0.25) is 0 Å². The van der Waals surface area contributed by atoms with Gasteiger partial charge in [0, 0.05) is 11.5 Å². The molecule has 0 amide bonds. The highest BCUT2D eigenvalue weighted by Crippen LogP contribution is 2.30. The predicted octanol–water partition coefficient (Wildman–Crippen LogP) is 0.745. The Morgan fingerprint density at radius 2 is 1.81 bits per heavy atom. The maximum absolute atomic E-state index is 11.0. The summed E-state index contributed by atoms with van der Waals surface area (Å²) in [6.45, 7) is 0. The highest BCUT2D eigenvalue weighted by molar-refractivity contribution is 7.86. The van der Waals surface area contributed by atoms with E-state index >= 15 is 0 Å². The van der Waals surface area contributed by atoms with Crippen LogP contribution in [0.3, 0.4) is 0 Å². The van der Waals surface area contributed by atoms with Crippen molar-refractivity contribution in [2.45, 2.75) is 4.90 Å². The zero-order valence-corrected chi connectivity index (χ0v) is 8.56. The third-order valence-corrected chi connectivity index (χ3v) is 2.93. The Morgan fingerprint density at radius 1 is 1.12 bits per heavy atom. The third-order valence-electron chi connectivity index (χ3n) is 1.99. The van der Waals surface area contributed by atoms with Crippen LogP contribution in [0.5, 0.6) is 5.75 Å². The summed E-state index contributed by atoms with van der Waals surface area (Å²) in [5, 5.41) is 9.30. The molecule has 0 aliphatic rings. The number of phenols is 1. The Bertz CT molecular complexity index is 712. The molecule has 0 aliphatic carbocycles. The molecule has 0 bridgehead atoms. The van der Waals surface area contributed by atoms with E-state index in [0.29, 0.717) is 0 Å². The van der Waals surface area contributed by atoms with Gasteiger partial charge >= 0.3 is 5.63 Å². The van der Waals surface area contributed by atoms with Crippen LogP contribution in [0.15, 0.2) is 38.4 Å². The topological polar surface area (TPSA) is 105 Å². The normalized spacial score (nSPS) is 11.8. The molecule has 0 spiro atoms. The summed E-state index contributed by atoms with van der Waals surface area (Å²) in [6.07, 6.45) is 0. The van der Waals surface area contributed by atoms with E-state index in [0.717, 1.165) is 18.2 Å². The van der Waals surface area contributed by atoms with Gasteiger partial charge in [0.2, 0.25) is 0 Å². The lowest BCUT2D eigenvalue weighted by Crippen LogP contribution is -2.02. The van der Waals surface area contributed by atoms with E-state index in [9.17, 15) is 18.3 Å². The fourth-order valence-electron chi connectivity index (χ4n) is 1.38. The number of aromatic hydroxyl groups is 1. The summed E-state index contributed by atoms with van der Waals surface area (Å²) in [6, 6.07) is 4.41. The van der Waals surface area contributed by atoms with E-state index < -0.39 is 26.4 Å². The number of hydrogen-bond donors (Lipinski definition) is 2. The van der Waals surface area contributed by atoms with Gasteiger partial charge in [0.05, 0.1) is 0 Å². The Kier molecular flexibility index (Phi) is 2.21. The van der Waals surface area contributed by atoms with E-state index in [4.69, 9.17) is 8.97 Å². The molecule has 2 N–H and O–H groups in total. The van der Waals surface area contributed by atoms with Crippen LogP contribution >= 0.6 is 0 Å². The molecule has 0 saturated carbocycles. The molecule has 16 heavy (non-hydrogen) atoms. The van der Waals surface area contributed by atoms with Gasteiger partial charge in [-0.2, -0.15) is 8.42 Å². The summed E-state index contributed by atoms with van der Waals surface area (Å²) in [4.78, 5) is 10.2. The molecule has 0 aliphatic heterocycles. The van der Waals surface area contributed by atoms with Crippen molar-refractivity contribution in [2.75, 3.05) is 0 Å². The van der Waals surface area contributed by atoms with Crippen molar-refractivity contribution in [2.24, 2.45) is 0 Å². The smallest absolute Gasteiger partial charge is 0.336 e. The minimum Gasteiger partial charge on any atom is -0.506 e. The number of phenolic OH excluding ortho intramolecular Hbond substituents is 1. The number of fused-ring (bicyclic) bond motifs is 1. The van der Waals surface area contributed by atoms with Gasteiger partial charge < -0.3 is 9.52 Å². The Hall–Kier alpha value is -1.86. The molecule has 1 aromatic heterocycles. The van der Waals surface area contributed by atoms with Gasteiger partial charge in [0.15, 0.2) is 0 Å². The quantitative estimate of drug-likeness (QED) is 0.564. The van der Waals surface area contributed by atoms with Gasteiger partial charge in [-0.1, -0.05) is 0 Å². The van der Waals surface area contributed by atoms with Gasteiger partial charge in [-0.15, -0.1) is 0 Å². The summed E-state index contributed by atoms with van der Waals surface area (Å²) in [7, 11) is -4.58. The van der Waals surface area contributed by atoms with E-state index in [1.807, 2.05) is 0 Å². The molecule has 7 heteroatoms. The average molecular weight is 242 g/mol. The van der Waals surface area contributed by atoms with Crippen molar-refractivity contribution in [3.63, 3.8) is 0 Å². The monoisotopic (exact) mass is 242 g/mol. The van der Waals surface area contributed by atoms with Crippen LogP contribution in [0.1, 0.15) is 0 Å². The molecule has 2 aromatic rings. The first kappa shape index (κ1) is 10.7. The Morgan fingerprint density at radius 3 is 2.44 bits per heavy atom. The van der Waals surface area contributed by atoms with Gasteiger partial charge in [-0.25, -0.2) is 4.79 Å². The lowest BCUT2D eigenvalue weighted by atomic mass is 10.2. The van der Waals surface area contributed by atoms with Gasteiger partial charge in [-0.05, 0) is 18.2 Å². The maximum atomic E-state index is 11.0. The number of rotatable bonds is 1. The van der Waals surface area contributed by atoms with E-state index in [1.54, 1.807) is 0 Å². The van der Waals surface area contributed by atoms with E-state index in [1.165, 1.54) is 6.07 Å². The SMILES string of the molecule is O=c1ccc2c(S(=O)(=O)O)c(O)ccc2o1. The largest absolute Gasteiger partial charge is 0.506 e. The molecule has 84 valence electrons. The molecule has 0 unspecified atom stereocenters. The van der Waals surface area contributed by atoms with Gasteiger partial charge in [0.25, 0.3) is 10.1 Å². The fraction of sp³-hybridized carbons (Fsp3) is 0. The Balaban J connectivity index is 3.02. The van der Waals surface area contributed by atoms with Crippen LogP contribution in [-0.4, -0.2) is 18.1 Å². The van der Waals surface area contributed by atoms with Crippen LogP contribution in [0.25, 0.3) is 11.0 Å². The minimum atomic E-state index is -4.58. The molecule has 0 atom stereocenters. The molecule has 0 radical (unpaired) electrons. The lowest BCUT2D eigenvalue weighted by molar-refractivity contribution is 0.444. The van der Waals surface area contributed by atoms with E-state index in [2.05, 4.69) is 0 Å². The second kappa shape index (κ2) is 3.32. The molecule has 1 aromatic carbocycles. The molecular weight excluding hydrogens is 236 g/mol. The average Bonchev–Trinajstić information content (AvgIpc) is 2.16. The summed E-state index contributed by atoms with van der Waals surface area (Å²) in [5.41, 5.74) is -0.683. The fourth-order valence-corrected chi connectivity index (χ4v) is 2.16. The molecule has 0 saturated heterocycles. The van der Waals surface area contributed by atoms with Crippen molar-refractivity contribution in [3.05, 3.63) is 34.7 Å². The van der Waals surface area contributed by atoms with E-state index in [-0.39, 0.29) is 11.0 Å². The summed E-state index contributed by atoms with van der Waals surface area (Å²) in [5.74, 6) is -0.608. The molecule has 0 fully saturated rings.